The third-order valence-corrected chi connectivity index (χ3v) is 3.36. The molecule has 0 fully saturated rings. The van der Waals surface area contributed by atoms with E-state index in [1.165, 1.54) is 0 Å². The van der Waals surface area contributed by atoms with E-state index in [0.29, 0.717) is 19.5 Å². The second-order valence-electron chi connectivity index (χ2n) is 4.80. The molecule has 0 saturated heterocycles. The molecule has 0 radical (unpaired) electrons. The molecule has 1 unspecified atom stereocenters. The number of hydrogen-bond donors (Lipinski definition) is 0. The van der Waals surface area contributed by atoms with Gasteiger partial charge in [-0.15, -0.1) is 0 Å². The van der Waals surface area contributed by atoms with Gasteiger partial charge in [-0.25, -0.2) is 0 Å². The molecule has 0 bridgehead atoms. The van der Waals surface area contributed by atoms with Gasteiger partial charge in [0.2, 0.25) is 5.91 Å². The zero-order valence-electron chi connectivity index (χ0n) is 12.0. The van der Waals surface area contributed by atoms with Gasteiger partial charge in [0.05, 0.1) is 18.9 Å². The van der Waals surface area contributed by atoms with Crippen LogP contribution in [-0.4, -0.2) is 17.4 Å². The van der Waals surface area contributed by atoms with Gasteiger partial charge in [-0.1, -0.05) is 30.3 Å². The van der Waals surface area contributed by atoms with Crippen LogP contribution in [0.1, 0.15) is 18.2 Å². The van der Waals surface area contributed by atoms with Crippen molar-refractivity contribution in [3.63, 3.8) is 0 Å². The van der Waals surface area contributed by atoms with Crippen molar-refractivity contribution in [3.8, 4) is 6.07 Å². The first-order chi connectivity index (χ1) is 10.2. The minimum atomic E-state index is -0.665. The van der Waals surface area contributed by atoms with Crippen LogP contribution in [0.4, 0.5) is 0 Å². The van der Waals surface area contributed by atoms with Crippen molar-refractivity contribution >= 4 is 5.91 Å². The van der Waals surface area contributed by atoms with Gasteiger partial charge in [-0.05, 0) is 31.0 Å². The number of carbonyl (C=O) groups is 1. The van der Waals surface area contributed by atoms with Gasteiger partial charge in [0, 0.05) is 6.54 Å². The molecule has 0 N–H and O–H groups in total. The van der Waals surface area contributed by atoms with Crippen LogP contribution < -0.4 is 0 Å². The van der Waals surface area contributed by atoms with E-state index in [1.807, 2.05) is 43.3 Å². The van der Waals surface area contributed by atoms with Gasteiger partial charge in [0.15, 0.2) is 0 Å². The SMILES string of the molecule is CCN(Cc1ccco1)C(=O)C(C#N)Cc1ccccc1. The summed E-state index contributed by atoms with van der Waals surface area (Å²) in [5.41, 5.74) is 0.992. The molecule has 1 heterocycles. The van der Waals surface area contributed by atoms with Gasteiger partial charge in [-0.3, -0.25) is 4.79 Å². The average molecular weight is 282 g/mol. The first-order valence-corrected chi connectivity index (χ1v) is 6.99. The van der Waals surface area contributed by atoms with E-state index in [4.69, 9.17) is 4.42 Å². The number of carbonyl (C=O) groups excluding carboxylic acids is 1. The highest BCUT2D eigenvalue weighted by molar-refractivity contribution is 5.81. The molecule has 1 aromatic heterocycles. The Morgan fingerprint density at radius 2 is 2.05 bits per heavy atom. The molecule has 1 aromatic carbocycles. The lowest BCUT2D eigenvalue weighted by atomic mass is 9.99. The number of rotatable bonds is 6. The standard InChI is InChI=1S/C17H18N2O2/c1-2-19(13-16-9-6-10-21-16)17(20)15(12-18)11-14-7-4-3-5-8-14/h3-10,15H,2,11,13H2,1H3. The summed E-state index contributed by atoms with van der Waals surface area (Å²) in [4.78, 5) is 14.1. The summed E-state index contributed by atoms with van der Waals surface area (Å²) in [6, 6.07) is 15.3. The van der Waals surface area contributed by atoms with Crippen LogP contribution in [0.15, 0.2) is 53.1 Å². The molecule has 0 spiro atoms. The molecule has 0 aliphatic carbocycles. The zero-order chi connectivity index (χ0) is 15.1. The van der Waals surface area contributed by atoms with Gasteiger partial charge in [-0.2, -0.15) is 5.26 Å². The van der Waals surface area contributed by atoms with Crippen molar-refractivity contribution in [2.45, 2.75) is 19.9 Å². The summed E-state index contributed by atoms with van der Waals surface area (Å²) in [7, 11) is 0. The maximum atomic E-state index is 12.5. The second-order valence-corrected chi connectivity index (χ2v) is 4.80. The molecule has 0 aliphatic heterocycles. The van der Waals surface area contributed by atoms with Crippen molar-refractivity contribution in [3.05, 3.63) is 60.1 Å². The lowest BCUT2D eigenvalue weighted by Crippen LogP contribution is -2.35. The van der Waals surface area contributed by atoms with Crippen LogP contribution in [0.25, 0.3) is 0 Å². The van der Waals surface area contributed by atoms with Crippen LogP contribution in [-0.2, 0) is 17.8 Å². The van der Waals surface area contributed by atoms with Gasteiger partial charge in [0.1, 0.15) is 11.7 Å². The quantitative estimate of drug-likeness (QED) is 0.818. The topological polar surface area (TPSA) is 57.2 Å². The van der Waals surface area contributed by atoms with E-state index in [-0.39, 0.29) is 5.91 Å². The highest BCUT2D eigenvalue weighted by atomic mass is 16.3. The van der Waals surface area contributed by atoms with Crippen molar-refractivity contribution in [1.82, 2.24) is 4.90 Å². The zero-order valence-corrected chi connectivity index (χ0v) is 12.0. The summed E-state index contributed by atoms with van der Waals surface area (Å²) in [6.45, 7) is 2.85. The average Bonchev–Trinajstić information content (AvgIpc) is 3.03. The summed E-state index contributed by atoms with van der Waals surface area (Å²) >= 11 is 0. The fourth-order valence-corrected chi connectivity index (χ4v) is 2.19. The molecule has 4 nitrogen and oxygen atoms in total. The summed E-state index contributed by atoms with van der Waals surface area (Å²) in [5.74, 6) is -0.0934. The molecule has 2 aromatic rings. The molecule has 2 rings (SSSR count). The lowest BCUT2D eigenvalue weighted by Gasteiger charge is -2.22. The minimum Gasteiger partial charge on any atom is -0.467 e. The molecular weight excluding hydrogens is 264 g/mol. The Morgan fingerprint density at radius 1 is 1.29 bits per heavy atom. The van der Waals surface area contributed by atoms with Crippen LogP contribution in [0.2, 0.25) is 0 Å². The molecule has 1 atom stereocenters. The molecule has 1 amide bonds. The van der Waals surface area contributed by atoms with Crippen molar-refractivity contribution < 1.29 is 9.21 Å². The molecule has 4 heteroatoms. The Balaban J connectivity index is 2.05. The third-order valence-electron chi connectivity index (χ3n) is 3.36. The monoisotopic (exact) mass is 282 g/mol. The number of amides is 1. The first-order valence-electron chi connectivity index (χ1n) is 6.99. The smallest absolute Gasteiger partial charge is 0.240 e. The largest absolute Gasteiger partial charge is 0.467 e. The van der Waals surface area contributed by atoms with Crippen LogP contribution in [0, 0.1) is 17.2 Å². The fourth-order valence-electron chi connectivity index (χ4n) is 2.19. The summed E-state index contributed by atoms with van der Waals surface area (Å²) in [6.07, 6.45) is 2.02. The van der Waals surface area contributed by atoms with Gasteiger partial charge < -0.3 is 9.32 Å². The molecular formula is C17H18N2O2. The van der Waals surface area contributed by atoms with E-state index in [2.05, 4.69) is 6.07 Å². The number of nitriles is 1. The predicted octanol–water partition coefficient (Wildman–Crippen LogP) is 3.01. The van der Waals surface area contributed by atoms with E-state index in [0.717, 1.165) is 11.3 Å². The second kappa shape index (κ2) is 7.30. The van der Waals surface area contributed by atoms with Crippen molar-refractivity contribution in [1.29, 1.82) is 5.26 Å². The van der Waals surface area contributed by atoms with Gasteiger partial charge in [0.25, 0.3) is 0 Å². The first kappa shape index (κ1) is 14.9. The summed E-state index contributed by atoms with van der Waals surface area (Å²) < 4.78 is 5.27. The Bertz CT molecular complexity index is 599. The van der Waals surface area contributed by atoms with Crippen LogP contribution >= 0.6 is 0 Å². The fraction of sp³-hybridized carbons (Fsp3) is 0.294. The number of furan rings is 1. The molecule has 0 aliphatic rings. The Morgan fingerprint density at radius 3 is 2.62 bits per heavy atom. The lowest BCUT2D eigenvalue weighted by molar-refractivity contribution is -0.134. The maximum Gasteiger partial charge on any atom is 0.240 e. The van der Waals surface area contributed by atoms with E-state index < -0.39 is 5.92 Å². The number of benzene rings is 1. The molecule has 21 heavy (non-hydrogen) atoms. The summed E-state index contributed by atoms with van der Waals surface area (Å²) in [5, 5.41) is 9.31. The Kier molecular flexibility index (Phi) is 5.16. The highest BCUT2D eigenvalue weighted by Gasteiger charge is 2.24. The Labute approximate surface area is 124 Å². The number of hydrogen-bond acceptors (Lipinski definition) is 3. The van der Waals surface area contributed by atoms with E-state index in [9.17, 15) is 10.1 Å². The van der Waals surface area contributed by atoms with Crippen LogP contribution in [0.5, 0.6) is 0 Å². The normalized spacial score (nSPS) is 11.6. The minimum absolute atomic E-state index is 0.153. The van der Waals surface area contributed by atoms with E-state index in [1.54, 1.807) is 17.2 Å². The maximum absolute atomic E-state index is 12.5. The Hall–Kier alpha value is -2.54. The van der Waals surface area contributed by atoms with Crippen molar-refractivity contribution in [2.75, 3.05) is 6.54 Å². The predicted molar refractivity (Wildman–Crippen MR) is 79.0 cm³/mol. The third kappa shape index (κ3) is 3.96. The van der Waals surface area contributed by atoms with Gasteiger partial charge >= 0.3 is 0 Å². The van der Waals surface area contributed by atoms with E-state index >= 15 is 0 Å². The molecule has 0 saturated carbocycles. The highest BCUT2D eigenvalue weighted by Crippen LogP contribution is 2.14. The van der Waals surface area contributed by atoms with Crippen LogP contribution in [0.3, 0.4) is 0 Å². The molecule has 108 valence electrons. The number of nitrogens with zero attached hydrogens (tertiary/aromatic N) is 2. The van der Waals surface area contributed by atoms with Crippen molar-refractivity contribution in [2.24, 2.45) is 5.92 Å².